The van der Waals surface area contributed by atoms with Gasteiger partial charge in [0, 0.05) is 0 Å². The van der Waals surface area contributed by atoms with Gasteiger partial charge in [-0.15, -0.1) is 0 Å². The van der Waals surface area contributed by atoms with Gasteiger partial charge < -0.3 is 4.57 Å². The summed E-state index contributed by atoms with van der Waals surface area (Å²) < 4.78 is 16.4. The van der Waals surface area contributed by atoms with Crippen molar-refractivity contribution in [3.05, 3.63) is 61.0 Å². The van der Waals surface area contributed by atoms with Crippen molar-refractivity contribution in [1.82, 2.24) is 34.3 Å². The van der Waals surface area contributed by atoms with Gasteiger partial charge in [0.05, 0.1) is 12.9 Å². The third-order valence-corrected chi connectivity index (χ3v) is 3.28. The number of hydrogen-bond acceptors (Lipinski definition) is 5. The monoisotopic (exact) mass is 295 g/mol. The lowest BCUT2D eigenvalue weighted by Gasteiger charge is -2.04. The van der Waals surface area contributed by atoms with E-state index in [0.717, 1.165) is 5.56 Å². The third kappa shape index (κ3) is 2.10. The molecule has 0 bridgehead atoms. The number of rotatable bonds is 3. The van der Waals surface area contributed by atoms with Crippen LogP contribution in [0.4, 0.5) is 4.39 Å². The zero-order chi connectivity index (χ0) is 14.9. The van der Waals surface area contributed by atoms with Crippen molar-refractivity contribution in [2.75, 3.05) is 0 Å². The second kappa shape index (κ2) is 4.99. The fraction of sp³-hybridized carbons (Fsp3) is 0.0714. The summed E-state index contributed by atoms with van der Waals surface area (Å²) in [5.41, 5.74) is 2.28. The van der Waals surface area contributed by atoms with Gasteiger partial charge in [-0.25, -0.2) is 29.0 Å². The molecule has 108 valence electrons. The van der Waals surface area contributed by atoms with Crippen molar-refractivity contribution >= 4 is 11.2 Å². The van der Waals surface area contributed by atoms with Crippen LogP contribution in [0.1, 0.15) is 5.56 Å². The molecular formula is C14H10FN7. The van der Waals surface area contributed by atoms with Crippen LogP contribution in [-0.2, 0) is 6.54 Å². The molecule has 0 spiro atoms. The molecule has 0 radical (unpaired) electrons. The number of benzene rings is 1. The van der Waals surface area contributed by atoms with Crippen LogP contribution in [0.25, 0.3) is 17.0 Å². The average molecular weight is 295 g/mol. The predicted octanol–water partition coefficient (Wildman–Crippen LogP) is 1.59. The second-order valence-corrected chi connectivity index (χ2v) is 4.71. The van der Waals surface area contributed by atoms with Gasteiger partial charge >= 0.3 is 0 Å². The molecule has 0 saturated heterocycles. The van der Waals surface area contributed by atoms with Crippen LogP contribution in [0.3, 0.4) is 0 Å². The predicted molar refractivity (Wildman–Crippen MR) is 75.7 cm³/mol. The first kappa shape index (κ1) is 12.6. The topological polar surface area (TPSA) is 74.3 Å². The highest BCUT2D eigenvalue weighted by Crippen LogP contribution is 2.17. The van der Waals surface area contributed by atoms with Gasteiger partial charge in [-0.2, -0.15) is 5.10 Å². The van der Waals surface area contributed by atoms with Gasteiger partial charge in [-0.05, 0) is 17.7 Å². The van der Waals surface area contributed by atoms with Crippen molar-refractivity contribution in [2.24, 2.45) is 0 Å². The number of halogens is 1. The molecule has 22 heavy (non-hydrogen) atoms. The first-order chi connectivity index (χ1) is 10.8. The maximum Gasteiger partial charge on any atom is 0.186 e. The molecule has 0 unspecified atom stereocenters. The van der Waals surface area contributed by atoms with E-state index >= 15 is 0 Å². The smallest absolute Gasteiger partial charge is 0.186 e. The standard InChI is InChI=1S/C14H10FN7/c15-11-3-1-10(2-4-11)5-21-9-19-12-13(21)17-7-18-14(12)22-8-16-6-20-22/h1-4,6-9H,5H2. The Morgan fingerprint density at radius 1 is 0.955 bits per heavy atom. The van der Waals surface area contributed by atoms with E-state index in [0.29, 0.717) is 23.5 Å². The van der Waals surface area contributed by atoms with E-state index in [2.05, 4.69) is 25.0 Å². The van der Waals surface area contributed by atoms with E-state index in [1.165, 1.54) is 24.8 Å². The summed E-state index contributed by atoms with van der Waals surface area (Å²) in [5.74, 6) is 0.315. The van der Waals surface area contributed by atoms with Gasteiger partial charge in [0.1, 0.15) is 24.8 Å². The largest absolute Gasteiger partial charge is 0.311 e. The van der Waals surface area contributed by atoms with Crippen LogP contribution in [0, 0.1) is 5.82 Å². The zero-order valence-electron chi connectivity index (χ0n) is 11.3. The molecule has 4 aromatic rings. The minimum absolute atomic E-state index is 0.255. The minimum Gasteiger partial charge on any atom is -0.311 e. The molecule has 0 aliphatic heterocycles. The van der Waals surface area contributed by atoms with Crippen LogP contribution >= 0.6 is 0 Å². The van der Waals surface area contributed by atoms with Crippen LogP contribution < -0.4 is 0 Å². The van der Waals surface area contributed by atoms with Gasteiger partial charge in [0.15, 0.2) is 17.0 Å². The summed E-state index contributed by atoms with van der Waals surface area (Å²) in [4.78, 5) is 16.8. The van der Waals surface area contributed by atoms with Gasteiger partial charge in [0.25, 0.3) is 0 Å². The first-order valence-electron chi connectivity index (χ1n) is 6.56. The lowest BCUT2D eigenvalue weighted by molar-refractivity contribution is 0.626. The normalized spacial score (nSPS) is 11.1. The Morgan fingerprint density at radius 2 is 1.82 bits per heavy atom. The van der Waals surface area contributed by atoms with Crippen molar-refractivity contribution in [3.8, 4) is 5.82 Å². The molecule has 0 fully saturated rings. The van der Waals surface area contributed by atoms with E-state index in [9.17, 15) is 4.39 Å². The van der Waals surface area contributed by atoms with Crippen LogP contribution in [0.2, 0.25) is 0 Å². The molecular weight excluding hydrogens is 285 g/mol. The fourth-order valence-electron chi connectivity index (χ4n) is 2.26. The summed E-state index contributed by atoms with van der Waals surface area (Å²) in [6.07, 6.45) is 6.13. The quantitative estimate of drug-likeness (QED) is 0.574. The summed E-state index contributed by atoms with van der Waals surface area (Å²) in [7, 11) is 0. The lowest BCUT2D eigenvalue weighted by Crippen LogP contribution is -2.03. The molecule has 3 aromatic heterocycles. The zero-order valence-corrected chi connectivity index (χ0v) is 11.3. The molecule has 4 rings (SSSR count). The number of fused-ring (bicyclic) bond motifs is 1. The first-order valence-corrected chi connectivity index (χ1v) is 6.56. The van der Waals surface area contributed by atoms with E-state index in [4.69, 9.17) is 0 Å². The molecule has 0 N–H and O–H groups in total. The summed E-state index contributed by atoms with van der Waals surface area (Å²) in [6.45, 7) is 0.546. The number of imidazole rings is 1. The highest BCUT2D eigenvalue weighted by molar-refractivity contribution is 5.78. The Hall–Kier alpha value is -3.16. The highest BCUT2D eigenvalue weighted by atomic mass is 19.1. The number of hydrogen-bond donors (Lipinski definition) is 0. The summed E-state index contributed by atoms with van der Waals surface area (Å²) >= 11 is 0. The molecule has 0 saturated carbocycles. The Bertz CT molecular complexity index is 912. The molecule has 3 heterocycles. The Kier molecular flexibility index (Phi) is 2.85. The molecule has 7 nitrogen and oxygen atoms in total. The van der Waals surface area contributed by atoms with Gasteiger partial charge in [0.2, 0.25) is 0 Å². The maximum atomic E-state index is 13.0. The van der Waals surface area contributed by atoms with Crippen LogP contribution in [0.5, 0.6) is 0 Å². The number of nitrogens with zero attached hydrogens (tertiary/aromatic N) is 7. The van der Waals surface area contributed by atoms with Gasteiger partial charge in [-0.1, -0.05) is 12.1 Å². The molecule has 8 heteroatoms. The SMILES string of the molecule is Fc1ccc(Cn2cnc3c(-n4cncn4)ncnc32)cc1. The van der Waals surface area contributed by atoms with E-state index < -0.39 is 0 Å². The van der Waals surface area contributed by atoms with E-state index in [1.807, 2.05) is 4.57 Å². The summed E-state index contributed by atoms with van der Waals surface area (Å²) in [6, 6.07) is 6.34. The fourth-order valence-corrected chi connectivity index (χ4v) is 2.26. The molecule has 0 aliphatic carbocycles. The lowest BCUT2D eigenvalue weighted by atomic mass is 10.2. The van der Waals surface area contributed by atoms with Gasteiger partial charge in [-0.3, -0.25) is 0 Å². The van der Waals surface area contributed by atoms with Crippen LogP contribution in [-0.4, -0.2) is 34.3 Å². The third-order valence-electron chi connectivity index (χ3n) is 3.28. The molecule has 0 atom stereocenters. The summed E-state index contributed by atoms with van der Waals surface area (Å²) in [5, 5.41) is 4.06. The van der Waals surface area contributed by atoms with E-state index in [-0.39, 0.29) is 5.82 Å². The Labute approximate surface area is 124 Å². The molecule has 1 aromatic carbocycles. The van der Waals surface area contributed by atoms with Crippen molar-refractivity contribution in [1.29, 1.82) is 0 Å². The number of aromatic nitrogens is 7. The van der Waals surface area contributed by atoms with Crippen molar-refractivity contribution in [2.45, 2.75) is 6.54 Å². The maximum absolute atomic E-state index is 13.0. The van der Waals surface area contributed by atoms with E-state index in [1.54, 1.807) is 29.5 Å². The Morgan fingerprint density at radius 3 is 2.59 bits per heavy atom. The average Bonchev–Trinajstić information content (AvgIpc) is 3.20. The van der Waals surface area contributed by atoms with Crippen molar-refractivity contribution in [3.63, 3.8) is 0 Å². The molecule has 0 amide bonds. The molecule has 0 aliphatic rings. The Balaban J connectivity index is 1.77. The van der Waals surface area contributed by atoms with Crippen LogP contribution in [0.15, 0.2) is 49.6 Å². The highest BCUT2D eigenvalue weighted by Gasteiger charge is 2.12. The minimum atomic E-state index is -0.255. The van der Waals surface area contributed by atoms with Crippen molar-refractivity contribution < 1.29 is 4.39 Å². The second-order valence-electron chi connectivity index (χ2n) is 4.71.